The van der Waals surface area contributed by atoms with Gasteiger partial charge in [-0.25, -0.2) is 0 Å². The van der Waals surface area contributed by atoms with E-state index in [9.17, 15) is 4.21 Å². The Morgan fingerprint density at radius 3 is 2.80 bits per heavy atom. The quantitative estimate of drug-likeness (QED) is 0.666. The molecule has 1 aromatic rings. The molecular weight excluding hydrogens is 210 g/mol. The van der Waals surface area contributed by atoms with E-state index >= 15 is 0 Å². The number of aliphatic imine (C=N–C) groups is 1. The highest BCUT2D eigenvalue weighted by molar-refractivity contribution is 8.08. The van der Waals surface area contributed by atoms with Crippen molar-refractivity contribution in [2.45, 2.75) is 6.54 Å². The fraction of sp³-hybridized carbons (Fsp3) is 0.100. The normalized spacial score (nSPS) is 19.9. The number of hydrogen-bond acceptors (Lipinski definition) is 3. The maximum Gasteiger partial charge on any atom is 0.0914 e. The molecule has 1 aliphatic rings. The molecule has 5 N–H and O–H groups in total. The second-order valence-electron chi connectivity index (χ2n) is 3.07. The van der Waals surface area contributed by atoms with Crippen molar-refractivity contribution in [1.29, 1.82) is 0 Å². The zero-order valence-corrected chi connectivity index (χ0v) is 8.88. The van der Waals surface area contributed by atoms with Crippen LogP contribution in [0.15, 0.2) is 29.3 Å². The highest BCUT2D eigenvalue weighted by Crippen LogP contribution is 2.25. The number of hydrogen-bond donors (Lipinski definition) is 2. The van der Waals surface area contributed by atoms with Crippen molar-refractivity contribution >= 4 is 20.9 Å². The first kappa shape index (κ1) is 10.1. The molecule has 0 saturated carbocycles. The van der Waals surface area contributed by atoms with Gasteiger partial charge in [0.05, 0.1) is 11.7 Å². The minimum atomic E-state index is -1.36. The number of benzene rings is 1. The summed E-state index contributed by atoms with van der Waals surface area (Å²) in [5, 5.41) is 0.115. The first-order chi connectivity index (χ1) is 7.24. The molecule has 0 fully saturated rings. The third-order valence-electron chi connectivity index (χ3n) is 2.17. The first-order valence-electron chi connectivity index (χ1n) is 4.49. The van der Waals surface area contributed by atoms with Crippen molar-refractivity contribution in [3.05, 3.63) is 41.6 Å². The minimum Gasteiger partial charge on any atom is -0.427 e. The van der Waals surface area contributed by atoms with E-state index in [1.807, 2.05) is 24.3 Å². The molecule has 0 aromatic heterocycles. The minimum absolute atomic E-state index is 0.115. The number of nitrogens with zero attached hydrogens (tertiary/aromatic N) is 1. The standard InChI is InChI=1S/C10H10N3OS/c11-5-7-3-1-2-4-8(7)9-6-13-10(12)15(9)14/h1-4H,5,11H2,(H2,12,13)/q-1/p+1. The number of nitrogens with two attached hydrogens (primary N) is 1. The number of quaternary nitrogens is 1. The lowest BCUT2D eigenvalue weighted by Crippen LogP contribution is -2.47. The van der Waals surface area contributed by atoms with E-state index in [0.29, 0.717) is 11.4 Å². The maximum absolute atomic E-state index is 11.7. The summed E-state index contributed by atoms with van der Waals surface area (Å²) in [6, 6.07) is 7.64. The summed E-state index contributed by atoms with van der Waals surface area (Å²) in [5.74, 6) is 0. The molecule has 0 aliphatic carbocycles. The predicted octanol–water partition coefficient (Wildman–Crippen LogP) is -0.393. The van der Waals surface area contributed by atoms with E-state index in [2.05, 4.69) is 16.9 Å². The Morgan fingerprint density at radius 1 is 1.47 bits per heavy atom. The van der Waals surface area contributed by atoms with Gasteiger partial charge in [0.2, 0.25) is 0 Å². The average Bonchev–Trinajstić information content (AvgIpc) is 2.60. The maximum atomic E-state index is 11.7. The molecule has 0 bridgehead atoms. The van der Waals surface area contributed by atoms with E-state index < -0.39 is 10.8 Å². The van der Waals surface area contributed by atoms with Gasteiger partial charge in [-0.1, -0.05) is 34.9 Å². The van der Waals surface area contributed by atoms with E-state index in [1.165, 1.54) is 0 Å². The van der Waals surface area contributed by atoms with Gasteiger partial charge in [-0.05, 0) is 5.56 Å². The van der Waals surface area contributed by atoms with Gasteiger partial charge in [0.15, 0.2) is 0 Å². The van der Waals surface area contributed by atoms with Crippen molar-refractivity contribution in [1.82, 2.24) is 0 Å². The Balaban J connectivity index is 2.44. The SMILES string of the molecule is NC1=N[C-]=C(c2ccccc2C[NH3+])S1=O. The molecule has 1 atom stereocenters. The fourth-order valence-electron chi connectivity index (χ4n) is 1.41. The molecule has 1 unspecified atom stereocenters. The monoisotopic (exact) mass is 221 g/mol. The Hall–Kier alpha value is -1.46. The zero-order valence-electron chi connectivity index (χ0n) is 8.06. The first-order valence-corrected chi connectivity index (χ1v) is 5.64. The lowest BCUT2D eigenvalue weighted by molar-refractivity contribution is -0.386. The summed E-state index contributed by atoms with van der Waals surface area (Å²) in [6.45, 7) is 0.637. The van der Waals surface area contributed by atoms with Crippen molar-refractivity contribution in [2.75, 3.05) is 0 Å². The molecule has 1 aliphatic heterocycles. The lowest BCUT2D eigenvalue weighted by Gasteiger charge is -2.13. The van der Waals surface area contributed by atoms with Crippen LogP contribution in [0.1, 0.15) is 11.1 Å². The van der Waals surface area contributed by atoms with Crippen molar-refractivity contribution in [3.63, 3.8) is 0 Å². The Morgan fingerprint density at radius 2 is 2.20 bits per heavy atom. The summed E-state index contributed by atoms with van der Waals surface area (Å²) < 4.78 is 11.7. The van der Waals surface area contributed by atoms with Crippen LogP contribution in [-0.2, 0) is 17.3 Å². The molecular formula is C10H11N3OS. The van der Waals surface area contributed by atoms with Crippen molar-refractivity contribution in [2.24, 2.45) is 10.7 Å². The van der Waals surface area contributed by atoms with Gasteiger partial charge >= 0.3 is 0 Å². The molecule has 1 aromatic carbocycles. The summed E-state index contributed by atoms with van der Waals surface area (Å²) in [6.07, 6.45) is 2.70. The summed E-state index contributed by atoms with van der Waals surface area (Å²) in [4.78, 5) is 4.29. The van der Waals surface area contributed by atoms with E-state index in [-0.39, 0.29) is 5.17 Å². The van der Waals surface area contributed by atoms with Crippen molar-refractivity contribution < 1.29 is 9.94 Å². The molecule has 0 saturated heterocycles. The fourth-order valence-corrected chi connectivity index (χ4v) is 2.28. The topological polar surface area (TPSA) is 83.1 Å². The summed E-state index contributed by atoms with van der Waals surface area (Å²) in [7, 11) is -1.36. The van der Waals surface area contributed by atoms with Crippen LogP contribution in [0.3, 0.4) is 0 Å². The van der Waals surface area contributed by atoms with Crippen LogP contribution in [-0.4, -0.2) is 9.38 Å². The van der Waals surface area contributed by atoms with Gasteiger partial charge in [0.1, 0.15) is 0 Å². The van der Waals surface area contributed by atoms with Crippen LogP contribution in [0, 0.1) is 6.20 Å². The second-order valence-corrected chi connectivity index (χ2v) is 4.43. The van der Waals surface area contributed by atoms with Crippen LogP contribution >= 0.6 is 0 Å². The molecule has 4 nitrogen and oxygen atoms in total. The zero-order chi connectivity index (χ0) is 10.8. The third-order valence-corrected chi connectivity index (χ3v) is 3.33. The van der Waals surface area contributed by atoms with Crippen molar-refractivity contribution in [3.8, 4) is 0 Å². The molecule has 1 heterocycles. The Bertz CT molecular complexity index is 479. The molecule has 5 heteroatoms. The van der Waals surface area contributed by atoms with E-state index in [0.717, 1.165) is 11.1 Å². The van der Waals surface area contributed by atoms with Crippen LogP contribution in [0.4, 0.5) is 0 Å². The molecule has 0 amide bonds. The molecule has 78 valence electrons. The summed E-state index contributed by atoms with van der Waals surface area (Å²) in [5.41, 5.74) is 11.2. The summed E-state index contributed by atoms with van der Waals surface area (Å²) >= 11 is 0. The Labute approximate surface area is 90.1 Å². The highest BCUT2D eigenvalue weighted by atomic mass is 32.2. The van der Waals surface area contributed by atoms with E-state index in [4.69, 9.17) is 5.73 Å². The van der Waals surface area contributed by atoms with Gasteiger partial charge in [-0.2, -0.15) is 0 Å². The van der Waals surface area contributed by atoms with E-state index in [1.54, 1.807) is 0 Å². The third kappa shape index (κ3) is 1.71. The van der Waals surface area contributed by atoms with Gasteiger partial charge in [-0.3, -0.25) is 4.21 Å². The van der Waals surface area contributed by atoms with Gasteiger partial charge in [0.25, 0.3) is 0 Å². The molecule has 0 radical (unpaired) electrons. The molecule has 2 rings (SSSR count). The molecule has 0 spiro atoms. The lowest BCUT2D eigenvalue weighted by atomic mass is 10.1. The number of rotatable bonds is 2. The van der Waals surface area contributed by atoms with Crippen LogP contribution in [0.5, 0.6) is 0 Å². The van der Waals surface area contributed by atoms with Crippen LogP contribution in [0.2, 0.25) is 0 Å². The van der Waals surface area contributed by atoms with Crippen LogP contribution in [0.25, 0.3) is 4.91 Å². The van der Waals surface area contributed by atoms with Gasteiger partial charge in [0, 0.05) is 10.8 Å². The van der Waals surface area contributed by atoms with Gasteiger partial charge < -0.3 is 16.5 Å². The Kier molecular flexibility index (Phi) is 2.66. The smallest absolute Gasteiger partial charge is 0.0914 e. The predicted molar refractivity (Wildman–Crippen MR) is 59.4 cm³/mol. The average molecular weight is 221 g/mol. The highest BCUT2D eigenvalue weighted by Gasteiger charge is 2.11. The second kappa shape index (κ2) is 3.96. The number of amidine groups is 1. The van der Waals surface area contributed by atoms with Crippen LogP contribution < -0.4 is 11.5 Å². The molecule has 15 heavy (non-hydrogen) atoms. The van der Waals surface area contributed by atoms with Gasteiger partial charge in [-0.15, -0.1) is 6.07 Å². The largest absolute Gasteiger partial charge is 0.427 e.